The molecule has 0 aliphatic heterocycles. The van der Waals surface area contributed by atoms with E-state index in [-0.39, 0.29) is 0 Å². The van der Waals surface area contributed by atoms with Crippen molar-refractivity contribution in [2.24, 2.45) is 7.05 Å². The Labute approximate surface area is 113 Å². The van der Waals surface area contributed by atoms with Gasteiger partial charge >= 0.3 is 0 Å². The van der Waals surface area contributed by atoms with Gasteiger partial charge in [0.05, 0.1) is 6.20 Å². The molecule has 0 saturated heterocycles. The molecule has 2 atom stereocenters. The summed E-state index contributed by atoms with van der Waals surface area (Å²) in [6.45, 7) is 6.55. The van der Waals surface area contributed by atoms with Crippen LogP contribution in [0.15, 0.2) is 23.7 Å². The zero-order valence-corrected chi connectivity index (χ0v) is 12.3. The summed E-state index contributed by atoms with van der Waals surface area (Å²) < 4.78 is 1.93. The summed E-state index contributed by atoms with van der Waals surface area (Å²) in [5.74, 6) is 0. The average Bonchev–Trinajstić information content (AvgIpc) is 2.98. The van der Waals surface area contributed by atoms with Gasteiger partial charge < -0.3 is 5.32 Å². The topological polar surface area (TPSA) is 29.9 Å². The molecular formula is C14H21N3S. The van der Waals surface area contributed by atoms with Crippen LogP contribution in [0.25, 0.3) is 0 Å². The third-order valence-electron chi connectivity index (χ3n) is 3.49. The second kappa shape index (κ2) is 5.67. The predicted molar refractivity (Wildman–Crippen MR) is 76.8 cm³/mol. The van der Waals surface area contributed by atoms with Crippen LogP contribution in [0.3, 0.4) is 0 Å². The Morgan fingerprint density at radius 2 is 2.28 bits per heavy atom. The SMILES string of the molecule is CCC(NC(C)c1cnn(C)c1C)c1cccs1. The third kappa shape index (κ3) is 2.65. The van der Waals surface area contributed by atoms with E-state index in [9.17, 15) is 0 Å². The number of thiophene rings is 1. The molecule has 18 heavy (non-hydrogen) atoms. The van der Waals surface area contributed by atoms with Crippen molar-refractivity contribution in [1.82, 2.24) is 15.1 Å². The van der Waals surface area contributed by atoms with E-state index in [0.29, 0.717) is 12.1 Å². The molecule has 0 amide bonds. The lowest BCUT2D eigenvalue weighted by atomic mass is 10.1. The Morgan fingerprint density at radius 1 is 1.50 bits per heavy atom. The molecule has 0 bridgehead atoms. The van der Waals surface area contributed by atoms with Crippen molar-refractivity contribution in [1.29, 1.82) is 0 Å². The molecule has 0 radical (unpaired) electrons. The van der Waals surface area contributed by atoms with Gasteiger partial charge in [-0.3, -0.25) is 4.68 Å². The number of hydrogen-bond donors (Lipinski definition) is 1. The molecule has 2 rings (SSSR count). The van der Waals surface area contributed by atoms with E-state index in [1.54, 1.807) is 0 Å². The van der Waals surface area contributed by atoms with Gasteiger partial charge in [-0.1, -0.05) is 13.0 Å². The van der Waals surface area contributed by atoms with E-state index in [1.165, 1.54) is 16.1 Å². The lowest BCUT2D eigenvalue weighted by Crippen LogP contribution is -2.23. The molecule has 0 aliphatic rings. The van der Waals surface area contributed by atoms with Crippen molar-refractivity contribution >= 4 is 11.3 Å². The minimum Gasteiger partial charge on any atom is -0.302 e. The number of nitrogens with zero attached hydrogens (tertiary/aromatic N) is 2. The van der Waals surface area contributed by atoms with Crippen LogP contribution < -0.4 is 5.32 Å². The van der Waals surface area contributed by atoms with Gasteiger partial charge in [-0.25, -0.2) is 0 Å². The maximum Gasteiger partial charge on any atom is 0.0540 e. The molecule has 0 fully saturated rings. The van der Waals surface area contributed by atoms with Crippen molar-refractivity contribution in [3.63, 3.8) is 0 Å². The Balaban J connectivity index is 2.11. The first-order valence-electron chi connectivity index (χ1n) is 6.41. The minimum atomic E-state index is 0.325. The highest BCUT2D eigenvalue weighted by Crippen LogP contribution is 2.26. The number of hydrogen-bond acceptors (Lipinski definition) is 3. The molecule has 0 aromatic carbocycles. The summed E-state index contributed by atoms with van der Waals surface area (Å²) in [6, 6.07) is 5.07. The molecule has 3 nitrogen and oxygen atoms in total. The van der Waals surface area contributed by atoms with Crippen molar-refractivity contribution in [2.75, 3.05) is 0 Å². The fourth-order valence-electron chi connectivity index (χ4n) is 2.22. The maximum absolute atomic E-state index is 4.31. The maximum atomic E-state index is 4.31. The van der Waals surface area contributed by atoms with Crippen molar-refractivity contribution in [2.45, 2.75) is 39.3 Å². The molecule has 0 spiro atoms. The number of nitrogens with one attached hydrogen (secondary N) is 1. The largest absolute Gasteiger partial charge is 0.302 e. The molecule has 2 unspecified atom stereocenters. The van der Waals surface area contributed by atoms with Gasteiger partial charge in [0.2, 0.25) is 0 Å². The normalized spacial score (nSPS) is 14.7. The molecular weight excluding hydrogens is 242 g/mol. The van der Waals surface area contributed by atoms with Crippen molar-refractivity contribution < 1.29 is 0 Å². The van der Waals surface area contributed by atoms with Gasteiger partial charge in [-0.2, -0.15) is 5.10 Å². The highest BCUT2D eigenvalue weighted by Gasteiger charge is 2.17. The Morgan fingerprint density at radius 3 is 2.78 bits per heavy atom. The first kappa shape index (κ1) is 13.3. The quantitative estimate of drug-likeness (QED) is 0.893. The molecule has 2 heterocycles. The molecule has 2 aromatic heterocycles. The monoisotopic (exact) mass is 263 g/mol. The smallest absolute Gasteiger partial charge is 0.0540 e. The van der Waals surface area contributed by atoms with Crippen molar-refractivity contribution in [3.8, 4) is 0 Å². The standard InChI is InChI=1S/C14H21N3S/c1-5-13(14-7-6-8-18-14)16-10(2)12-9-15-17(4)11(12)3/h6-10,13,16H,5H2,1-4H3. The van der Waals surface area contributed by atoms with E-state index in [1.807, 2.05) is 29.3 Å². The average molecular weight is 263 g/mol. The van der Waals surface area contributed by atoms with Crippen LogP contribution in [-0.2, 0) is 7.05 Å². The Hall–Kier alpha value is -1.13. The van der Waals surface area contributed by atoms with Gasteiger partial charge in [0.15, 0.2) is 0 Å². The van der Waals surface area contributed by atoms with Crippen LogP contribution in [-0.4, -0.2) is 9.78 Å². The lowest BCUT2D eigenvalue weighted by molar-refractivity contribution is 0.460. The van der Waals surface area contributed by atoms with Crippen LogP contribution in [0.2, 0.25) is 0 Å². The minimum absolute atomic E-state index is 0.325. The highest BCUT2D eigenvalue weighted by molar-refractivity contribution is 7.10. The first-order chi connectivity index (χ1) is 8.63. The lowest BCUT2D eigenvalue weighted by Gasteiger charge is -2.21. The summed E-state index contributed by atoms with van der Waals surface area (Å²) in [5, 5.41) is 10.1. The number of aryl methyl sites for hydroxylation is 1. The molecule has 2 aromatic rings. The highest BCUT2D eigenvalue weighted by atomic mass is 32.1. The summed E-state index contributed by atoms with van der Waals surface area (Å²) >= 11 is 1.82. The zero-order chi connectivity index (χ0) is 13.1. The van der Waals surface area contributed by atoms with Crippen LogP contribution in [0, 0.1) is 6.92 Å². The van der Waals surface area contributed by atoms with E-state index < -0.39 is 0 Å². The van der Waals surface area contributed by atoms with Crippen molar-refractivity contribution in [3.05, 3.63) is 39.8 Å². The van der Waals surface area contributed by atoms with Gasteiger partial charge in [0, 0.05) is 35.3 Å². The summed E-state index contributed by atoms with van der Waals surface area (Å²) in [5.41, 5.74) is 2.52. The van der Waals surface area contributed by atoms with Crippen LogP contribution in [0.1, 0.15) is 48.5 Å². The van der Waals surface area contributed by atoms with E-state index in [2.05, 4.69) is 48.7 Å². The van der Waals surface area contributed by atoms with E-state index in [0.717, 1.165) is 6.42 Å². The van der Waals surface area contributed by atoms with Crippen LogP contribution in [0.5, 0.6) is 0 Å². The zero-order valence-electron chi connectivity index (χ0n) is 11.5. The Bertz CT molecular complexity index is 487. The number of aromatic nitrogens is 2. The molecule has 0 saturated carbocycles. The summed E-state index contributed by atoms with van der Waals surface area (Å²) in [7, 11) is 1.99. The molecule has 0 aliphatic carbocycles. The van der Waals surface area contributed by atoms with Gasteiger partial charge in [-0.05, 0) is 31.7 Å². The summed E-state index contributed by atoms with van der Waals surface area (Å²) in [4.78, 5) is 1.41. The third-order valence-corrected chi connectivity index (χ3v) is 4.47. The first-order valence-corrected chi connectivity index (χ1v) is 7.29. The second-order valence-electron chi connectivity index (χ2n) is 4.67. The van der Waals surface area contributed by atoms with Crippen LogP contribution in [0.4, 0.5) is 0 Å². The Kier molecular flexibility index (Phi) is 4.19. The fraction of sp³-hybridized carbons (Fsp3) is 0.500. The summed E-state index contributed by atoms with van der Waals surface area (Å²) in [6.07, 6.45) is 3.07. The van der Waals surface area contributed by atoms with E-state index in [4.69, 9.17) is 0 Å². The fourth-order valence-corrected chi connectivity index (χ4v) is 3.09. The van der Waals surface area contributed by atoms with Gasteiger partial charge in [-0.15, -0.1) is 11.3 Å². The van der Waals surface area contributed by atoms with Gasteiger partial charge in [0.25, 0.3) is 0 Å². The number of rotatable bonds is 5. The van der Waals surface area contributed by atoms with Gasteiger partial charge in [0.1, 0.15) is 0 Å². The van der Waals surface area contributed by atoms with Crippen LogP contribution >= 0.6 is 11.3 Å². The predicted octanol–water partition coefficient (Wildman–Crippen LogP) is 3.59. The molecule has 1 N–H and O–H groups in total. The molecule has 98 valence electrons. The molecule has 4 heteroatoms. The second-order valence-corrected chi connectivity index (χ2v) is 5.65. The van der Waals surface area contributed by atoms with E-state index >= 15 is 0 Å².